The third-order valence-corrected chi connectivity index (χ3v) is 9.17. The van der Waals surface area contributed by atoms with E-state index in [1.54, 1.807) is 42.3 Å². The Labute approximate surface area is 211 Å². The van der Waals surface area contributed by atoms with E-state index >= 15 is 0 Å². The molecule has 0 aliphatic rings. The first-order valence-corrected chi connectivity index (χ1v) is 16.7. The zero-order valence-corrected chi connectivity index (χ0v) is 22.9. The van der Waals surface area contributed by atoms with Crippen molar-refractivity contribution in [2.75, 3.05) is 17.6 Å². The molecule has 0 spiro atoms. The minimum atomic E-state index is -4.03. The zero-order chi connectivity index (χ0) is 26.1. The second kappa shape index (κ2) is 9.95. The highest BCUT2D eigenvalue weighted by molar-refractivity contribution is 7.92. The Morgan fingerprint density at radius 3 is 2.50 bits per heavy atom. The molecule has 0 amide bonds. The molecule has 4 rings (SSSR count). The molecule has 0 atom stereocenters. The first kappa shape index (κ1) is 25.7. The fourth-order valence-corrected chi connectivity index (χ4v) is 5.68. The van der Waals surface area contributed by atoms with Crippen molar-refractivity contribution in [3.05, 3.63) is 60.7 Å². The number of anilines is 1. The van der Waals surface area contributed by atoms with Gasteiger partial charge in [-0.3, -0.25) is 9.48 Å². The molecule has 36 heavy (non-hydrogen) atoms. The molecular weight excluding hydrogens is 496 g/mol. The largest absolute Gasteiger partial charge is 0.360 e. The lowest BCUT2D eigenvalue weighted by molar-refractivity contribution is 0.101. The van der Waals surface area contributed by atoms with Crippen molar-refractivity contribution < 1.29 is 17.9 Å². The number of aryl methyl sites for hydroxylation is 1. The molecule has 1 aromatic carbocycles. The zero-order valence-electron chi connectivity index (χ0n) is 21.0. The number of hydrogen-bond donors (Lipinski definition) is 0. The maximum Gasteiger partial charge on any atom is 0.267 e. The van der Waals surface area contributed by atoms with Crippen LogP contribution in [0, 0.1) is 0 Å². The summed E-state index contributed by atoms with van der Waals surface area (Å²) in [5.74, 6) is 0.280. The topological polar surface area (TPSA) is 112 Å². The predicted molar refractivity (Wildman–Crippen MR) is 141 cm³/mol. The predicted octanol–water partition coefficient (Wildman–Crippen LogP) is 3.86. The van der Waals surface area contributed by atoms with Crippen molar-refractivity contribution in [3.8, 4) is 5.82 Å². The minimum absolute atomic E-state index is 0.0122. The molecule has 0 aliphatic carbocycles. The fourth-order valence-electron chi connectivity index (χ4n) is 3.63. The maximum atomic E-state index is 13.9. The first-order valence-electron chi connectivity index (χ1n) is 11.5. The summed E-state index contributed by atoms with van der Waals surface area (Å²) in [5.41, 5.74) is 1.61. The number of hydrogen-bond acceptors (Lipinski definition) is 7. The van der Waals surface area contributed by atoms with E-state index in [1.807, 2.05) is 6.07 Å². The van der Waals surface area contributed by atoms with Crippen molar-refractivity contribution in [3.63, 3.8) is 0 Å². The van der Waals surface area contributed by atoms with Crippen LogP contribution in [0.2, 0.25) is 25.7 Å². The van der Waals surface area contributed by atoms with E-state index in [4.69, 9.17) is 4.74 Å². The van der Waals surface area contributed by atoms with Crippen LogP contribution in [0.25, 0.3) is 16.7 Å². The van der Waals surface area contributed by atoms with Crippen molar-refractivity contribution in [1.29, 1.82) is 0 Å². The highest BCUT2D eigenvalue weighted by atomic mass is 32.2. The minimum Gasteiger partial charge on any atom is -0.360 e. The van der Waals surface area contributed by atoms with Crippen molar-refractivity contribution in [2.45, 2.75) is 37.5 Å². The lowest BCUT2D eigenvalue weighted by atomic mass is 10.2. The quantitative estimate of drug-likeness (QED) is 0.133. The van der Waals surface area contributed by atoms with E-state index in [9.17, 15) is 13.2 Å². The number of ether oxygens (including phenoxy) is 1. The second-order valence-corrected chi connectivity index (χ2v) is 17.3. The van der Waals surface area contributed by atoms with Crippen LogP contribution in [0.3, 0.4) is 0 Å². The molecule has 12 heteroatoms. The van der Waals surface area contributed by atoms with E-state index in [2.05, 4.69) is 34.8 Å². The number of Topliss-reactive ketones (excluding diaryl/α,β-unsaturated/α-hetero) is 1. The molecule has 0 N–H and O–H groups in total. The number of carbonyl (C=O) groups is 1. The molecule has 0 saturated carbocycles. The van der Waals surface area contributed by atoms with Gasteiger partial charge in [-0.2, -0.15) is 10.2 Å². The third-order valence-electron chi connectivity index (χ3n) is 5.75. The normalized spacial score (nSPS) is 12.2. The van der Waals surface area contributed by atoms with Crippen molar-refractivity contribution >= 4 is 40.5 Å². The molecule has 0 radical (unpaired) electrons. The van der Waals surface area contributed by atoms with Gasteiger partial charge in [0.15, 0.2) is 11.6 Å². The lowest BCUT2D eigenvalue weighted by Crippen LogP contribution is -2.34. The van der Waals surface area contributed by atoms with Crippen LogP contribution in [0.4, 0.5) is 5.69 Å². The van der Waals surface area contributed by atoms with Gasteiger partial charge in [0.2, 0.25) is 0 Å². The van der Waals surface area contributed by atoms with Crippen LogP contribution < -0.4 is 4.31 Å². The SMILES string of the molecule is CC(=O)c1cnn(-c2ccc(S(=O)(=O)N(COCC[Si](C)(C)C)c3cccc4cnn(C)c34)cn2)c1. The molecule has 0 saturated heterocycles. The van der Waals surface area contributed by atoms with Gasteiger partial charge in [0, 0.05) is 39.5 Å². The summed E-state index contributed by atoms with van der Waals surface area (Å²) in [7, 11) is -3.61. The second-order valence-electron chi connectivity index (χ2n) is 9.77. The third kappa shape index (κ3) is 5.40. The van der Waals surface area contributed by atoms with Gasteiger partial charge in [-0.15, -0.1) is 0 Å². The first-order chi connectivity index (χ1) is 17.0. The van der Waals surface area contributed by atoms with Crippen LogP contribution in [0.5, 0.6) is 0 Å². The summed E-state index contributed by atoms with van der Waals surface area (Å²) >= 11 is 0. The number of nitrogens with zero attached hydrogens (tertiary/aromatic N) is 6. The summed E-state index contributed by atoms with van der Waals surface area (Å²) in [6, 6.07) is 9.38. The van der Waals surface area contributed by atoms with Gasteiger partial charge in [0.1, 0.15) is 11.6 Å². The van der Waals surface area contributed by atoms with Crippen LogP contribution in [-0.4, -0.2) is 60.2 Å². The maximum absolute atomic E-state index is 13.9. The Hall–Kier alpha value is -3.35. The number of carbonyl (C=O) groups excluding carboxylic acids is 1. The summed E-state index contributed by atoms with van der Waals surface area (Å²) in [5, 5.41) is 9.26. The molecule has 3 aromatic heterocycles. The monoisotopic (exact) mass is 526 g/mol. The smallest absolute Gasteiger partial charge is 0.267 e. The highest BCUT2D eigenvalue weighted by Gasteiger charge is 2.28. The summed E-state index contributed by atoms with van der Waals surface area (Å²) in [4.78, 5) is 15.9. The van der Waals surface area contributed by atoms with Gasteiger partial charge < -0.3 is 4.74 Å². The summed E-state index contributed by atoms with van der Waals surface area (Å²) < 4.78 is 38.0. The molecular formula is C24H30N6O4SSi. The number of pyridine rings is 1. The molecule has 10 nitrogen and oxygen atoms in total. The number of aromatic nitrogens is 5. The number of sulfonamides is 1. The van der Waals surface area contributed by atoms with Gasteiger partial charge in [0.25, 0.3) is 10.0 Å². The Kier molecular flexibility index (Phi) is 7.11. The molecule has 0 unspecified atom stereocenters. The van der Waals surface area contributed by atoms with Gasteiger partial charge >= 0.3 is 0 Å². The molecule has 190 valence electrons. The Morgan fingerprint density at radius 1 is 1.08 bits per heavy atom. The average Bonchev–Trinajstić information content (AvgIpc) is 3.46. The molecule has 0 bridgehead atoms. The Balaban J connectivity index is 1.69. The summed E-state index contributed by atoms with van der Waals surface area (Å²) in [6.45, 7) is 8.51. The number of fused-ring (bicyclic) bond motifs is 1. The van der Waals surface area contributed by atoms with Gasteiger partial charge in [-0.05, 0) is 31.2 Å². The Morgan fingerprint density at radius 2 is 1.86 bits per heavy atom. The Bertz CT molecular complexity index is 1490. The van der Waals surface area contributed by atoms with Gasteiger partial charge in [-0.25, -0.2) is 22.4 Å². The highest BCUT2D eigenvalue weighted by Crippen LogP contribution is 2.31. The lowest BCUT2D eigenvalue weighted by Gasteiger charge is -2.26. The van der Waals surface area contributed by atoms with Crippen molar-refractivity contribution in [2.24, 2.45) is 7.05 Å². The number of benzene rings is 1. The molecule has 4 aromatic rings. The van der Waals surface area contributed by atoms with Crippen LogP contribution in [0.1, 0.15) is 17.3 Å². The number of ketones is 1. The fraction of sp³-hybridized carbons (Fsp3) is 0.333. The molecule has 0 fully saturated rings. The van der Waals surface area contributed by atoms with Crippen LogP contribution in [0.15, 0.2) is 60.0 Å². The molecule has 3 heterocycles. The van der Waals surface area contributed by atoms with Crippen LogP contribution in [-0.2, 0) is 21.8 Å². The summed E-state index contributed by atoms with van der Waals surface area (Å²) in [6.07, 6.45) is 5.99. The van der Waals surface area contributed by atoms with Crippen molar-refractivity contribution in [1.82, 2.24) is 24.5 Å². The molecule has 0 aliphatic heterocycles. The number of rotatable bonds is 10. The van der Waals surface area contributed by atoms with Gasteiger partial charge in [0.05, 0.1) is 29.2 Å². The standard InChI is InChI=1S/C24H30N6O4SSi/c1-18(31)20-14-27-29(16-20)23-10-9-21(15-25-23)35(32,33)30(17-34-11-12-36(3,4)5)22-8-6-7-19-13-26-28(2)24(19)22/h6-10,13-16H,11-12,17H2,1-5H3. The van der Waals surface area contributed by atoms with E-state index in [0.29, 0.717) is 29.2 Å². The van der Waals surface area contributed by atoms with Crippen LogP contribution >= 0.6 is 0 Å². The van der Waals surface area contributed by atoms with E-state index in [0.717, 1.165) is 11.4 Å². The van der Waals surface area contributed by atoms with E-state index in [1.165, 1.54) is 34.4 Å². The van der Waals surface area contributed by atoms with E-state index < -0.39 is 18.1 Å². The van der Waals surface area contributed by atoms with E-state index in [-0.39, 0.29) is 17.4 Å². The van der Waals surface area contributed by atoms with Gasteiger partial charge in [-0.1, -0.05) is 31.8 Å². The average molecular weight is 527 g/mol. The number of para-hydroxylation sites is 1.